The Labute approximate surface area is 186 Å². The number of thiophene rings is 1. The number of nitrogen functional groups attached to an aromatic ring is 1. The highest BCUT2D eigenvalue weighted by molar-refractivity contribution is 7.21. The van der Waals surface area contributed by atoms with E-state index in [4.69, 9.17) is 17.3 Å². The predicted molar refractivity (Wildman–Crippen MR) is 127 cm³/mol. The van der Waals surface area contributed by atoms with Crippen LogP contribution < -0.4 is 16.0 Å². The molecule has 1 aliphatic heterocycles. The van der Waals surface area contributed by atoms with Gasteiger partial charge < -0.3 is 16.0 Å². The van der Waals surface area contributed by atoms with Gasteiger partial charge in [-0.1, -0.05) is 17.7 Å². The molecule has 1 amide bonds. The van der Waals surface area contributed by atoms with Gasteiger partial charge >= 0.3 is 0 Å². The van der Waals surface area contributed by atoms with Crippen molar-refractivity contribution < 1.29 is 4.79 Å². The molecule has 0 radical (unpaired) electrons. The Hall–Kier alpha value is -2.31. The summed E-state index contributed by atoms with van der Waals surface area (Å²) in [5.41, 5.74) is 11.0. The van der Waals surface area contributed by atoms with Crippen LogP contribution in [0.25, 0.3) is 10.2 Å². The van der Waals surface area contributed by atoms with E-state index in [9.17, 15) is 4.79 Å². The largest absolute Gasteiger partial charge is 0.397 e. The lowest BCUT2D eigenvalue weighted by molar-refractivity contribution is 0.0959. The van der Waals surface area contributed by atoms with Crippen LogP contribution in [0.2, 0.25) is 5.02 Å². The summed E-state index contributed by atoms with van der Waals surface area (Å²) in [6.07, 6.45) is 4.46. The third-order valence-corrected chi connectivity index (χ3v) is 7.20. The third kappa shape index (κ3) is 4.25. The van der Waals surface area contributed by atoms with Gasteiger partial charge in [0.15, 0.2) is 0 Å². The van der Waals surface area contributed by atoms with Crippen LogP contribution in [0.1, 0.15) is 45.8 Å². The van der Waals surface area contributed by atoms with Gasteiger partial charge in [0.25, 0.3) is 5.91 Å². The van der Waals surface area contributed by atoms with Gasteiger partial charge in [-0.15, -0.1) is 11.3 Å². The first-order chi connectivity index (χ1) is 14.4. The van der Waals surface area contributed by atoms with Crippen molar-refractivity contribution in [3.63, 3.8) is 0 Å². The fourth-order valence-corrected chi connectivity index (χ4v) is 5.26. The molecule has 1 aliphatic rings. The molecule has 4 rings (SSSR count). The summed E-state index contributed by atoms with van der Waals surface area (Å²) in [6, 6.07) is 8.23. The van der Waals surface area contributed by atoms with Gasteiger partial charge in [0.05, 0.1) is 16.4 Å². The van der Waals surface area contributed by atoms with Crippen LogP contribution in [0.15, 0.2) is 24.3 Å². The van der Waals surface area contributed by atoms with Gasteiger partial charge in [-0.2, -0.15) is 0 Å². The van der Waals surface area contributed by atoms with Crippen molar-refractivity contribution in [2.45, 2.75) is 39.5 Å². The third-order valence-electron chi connectivity index (χ3n) is 5.78. The fraction of sp³-hybridized carbons (Fsp3) is 0.391. The summed E-state index contributed by atoms with van der Waals surface area (Å²) in [7, 11) is 0. The quantitative estimate of drug-likeness (QED) is 0.575. The summed E-state index contributed by atoms with van der Waals surface area (Å²) in [4.78, 5) is 20.9. The SMILES string of the molecule is Cc1cc2c(N)c(C(=O)NCCc3ccc(N4CCCCC4)c(Cl)c3)sc2nc1C. The number of hydrogen-bond donors (Lipinski definition) is 2. The number of anilines is 2. The molecule has 3 heterocycles. The second kappa shape index (κ2) is 8.82. The number of halogens is 1. The van der Waals surface area contributed by atoms with Gasteiger partial charge in [0.1, 0.15) is 9.71 Å². The number of piperidine rings is 1. The van der Waals surface area contributed by atoms with Gasteiger partial charge in [0, 0.05) is 30.7 Å². The molecule has 0 bridgehead atoms. The Balaban J connectivity index is 1.39. The molecule has 1 aromatic carbocycles. The van der Waals surface area contributed by atoms with Crippen molar-refractivity contribution in [2.24, 2.45) is 0 Å². The van der Waals surface area contributed by atoms with E-state index in [0.29, 0.717) is 23.5 Å². The Morgan fingerprint density at radius 2 is 2.00 bits per heavy atom. The molecular formula is C23H27ClN4OS. The number of nitrogens with one attached hydrogen (secondary N) is 1. The summed E-state index contributed by atoms with van der Waals surface area (Å²) in [6.45, 7) is 6.63. The average molecular weight is 443 g/mol. The lowest BCUT2D eigenvalue weighted by atomic mass is 10.1. The van der Waals surface area contributed by atoms with Crippen molar-refractivity contribution >= 4 is 50.4 Å². The second-order valence-electron chi connectivity index (χ2n) is 7.93. The van der Waals surface area contributed by atoms with E-state index in [1.54, 1.807) is 0 Å². The maximum Gasteiger partial charge on any atom is 0.263 e. The normalized spacial score (nSPS) is 14.3. The molecule has 1 saturated heterocycles. The molecule has 0 atom stereocenters. The summed E-state index contributed by atoms with van der Waals surface area (Å²) in [5, 5.41) is 4.62. The van der Waals surface area contributed by atoms with Crippen LogP contribution in [-0.2, 0) is 6.42 Å². The number of nitrogens with zero attached hydrogens (tertiary/aromatic N) is 2. The number of rotatable bonds is 5. The first-order valence-corrected chi connectivity index (χ1v) is 11.6. The zero-order chi connectivity index (χ0) is 21.3. The van der Waals surface area contributed by atoms with Crippen LogP contribution in [0.3, 0.4) is 0 Å². The molecule has 1 fully saturated rings. The lowest BCUT2D eigenvalue weighted by Crippen LogP contribution is -2.29. The molecule has 3 N–H and O–H groups in total. The topological polar surface area (TPSA) is 71.2 Å². The highest BCUT2D eigenvalue weighted by Gasteiger charge is 2.18. The van der Waals surface area contributed by atoms with Gasteiger partial charge in [0.2, 0.25) is 0 Å². The Bertz CT molecular complexity index is 1090. The zero-order valence-corrected chi connectivity index (χ0v) is 19.0. The summed E-state index contributed by atoms with van der Waals surface area (Å²) in [5.74, 6) is -0.151. The minimum Gasteiger partial charge on any atom is -0.397 e. The Kier molecular flexibility index (Phi) is 6.16. The average Bonchev–Trinajstić information content (AvgIpc) is 3.05. The smallest absolute Gasteiger partial charge is 0.263 e. The molecule has 2 aromatic heterocycles. The fourth-order valence-electron chi connectivity index (χ4n) is 3.89. The van der Waals surface area contributed by atoms with Crippen LogP contribution in [-0.4, -0.2) is 30.5 Å². The van der Waals surface area contributed by atoms with Crippen LogP contribution in [0, 0.1) is 13.8 Å². The molecule has 0 aliphatic carbocycles. The summed E-state index contributed by atoms with van der Waals surface area (Å²) >= 11 is 7.89. The van der Waals surface area contributed by atoms with E-state index in [2.05, 4.69) is 27.3 Å². The number of nitrogens with two attached hydrogens (primary N) is 1. The molecule has 0 saturated carbocycles. The molecule has 158 valence electrons. The first-order valence-electron chi connectivity index (χ1n) is 10.4. The van der Waals surface area contributed by atoms with E-state index in [0.717, 1.165) is 50.8 Å². The highest BCUT2D eigenvalue weighted by atomic mass is 35.5. The number of carbonyl (C=O) groups is 1. The summed E-state index contributed by atoms with van der Waals surface area (Å²) < 4.78 is 0. The lowest BCUT2D eigenvalue weighted by Gasteiger charge is -2.29. The van der Waals surface area contributed by atoms with Crippen molar-refractivity contribution in [2.75, 3.05) is 30.3 Å². The van der Waals surface area contributed by atoms with Crippen LogP contribution >= 0.6 is 22.9 Å². The highest BCUT2D eigenvalue weighted by Crippen LogP contribution is 2.33. The van der Waals surface area contributed by atoms with Crippen molar-refractivity contribution in [3.8, 4) is 0 Å². The maximum atomic E-state index is 12.7. The molecule has 30 heavy (non-hydrogen) atoms. The molecule has 0 spiro atoms. The van der Waals surface area contributed by atoms with Crippen molar-refractivity contribution in [1.82, 2.24) is 10.3 Å². The van der Waals surface area contributed by atoms with Gasteiger partial charge in [-0.25, -0.2) is 4.98 Å². The number of aromatic nitrogens is 1. The van der Waals surface area contributed by atoms with Crippen LogP contribution in [0.5, 0.6) is 0 Å². The Morgan fingerprint density at radius 1 is 1.23 bits per heavy atom. The van der Waals surface area contributed by atoms with E-state index in [-0.39, 0.29) is 5.91 Å². The molecular weight excluding hydrogens is 416 g/mol. The number of fused-ring (bicyclic) bond motifs is 1. The van der Waals surface area contributed by atoms with E-state index >= 15 is 0 Å². The number of amides is 1. The number of benzene rings is 1. The van der Waals surface area contributed by atoms with Crippen LogP contribution in [0.4, 0.5) is 11.4 Å². The van der Waals surface area contributed by atoms with E-state index in [1.165, 1.54) is 30.6 Å². The molecule has 5 nitrogen and oxygen atoms in total. The van der Waals surface area contributed by atoms with E-state index < -0.39 is 0 Å². The molecule has 3 aromatic rings. The van der Waals surface area contributed by atoms with E-state index in [1.807, 2.05) is 26.0 Å². The number of hydrogen-bond acceptors (Lipinski definition) is 5. The minimum absolute atomic E-state index is 0.151. The monoisotopic (exact) mass is 442 g/mol. The number of pyridine rings is 1. The second-order valence-corrected chi connectivity index (χ2v) is 9.33. The maximum absolute atomic E-state index is 12.7. The number of aryl methyl sites for hydroxylation is 2. The Morgan fingerprint density at radius 3 is 2.73 bits per heavy atom. The molecule has 0 unspecified atom stereocenters. The first kappa shape index (κ1) is 20.9. The van der Waals surface area contributed by atoms with Crippen molar-refractivity contribution in [1.29, 1.82) is 0 Å². The zero-order valence-electron chi connectivity index (χ0n) is 17.4. The van der Waals surface area contributed by atoms with Gasteiger partial charge in [-0.3, -0.25) is 4.79 Å². The minimum atomic E-state index is -0.151. The predicted octanol–water partition coefficient (Wildman–Crippen LogP) is 5.11. The van der Waals surface area contributed by atoms with Gasteiger partial charge in [-0.05, 0) is 68.9 Å². The standard InChI is InChI=1S/C23H27ClN4OS/c1-14-12-17-20(25)21(30-23(17)27-15(14)2)22(29)26-9-8-16-6-7-19(18(24)13-16)28-10-4-3-5-11-28/h6-7,12-13H,3-5,8-11,25H2,1-2H3,(H,26,29). The molecule has 7 heteroatoms. The van der Waals surface area contributed by atoms with Crippen molar-refractivity contribution in [3.05, 3.63) is 51.0 Å². The number of carbonyl (C=O) groups excluding carboxylic acids is 1.